The zero-order chi connectivity index (χ0) is 20.4. The highest BCUT2D eigenvalue weighted by molar-refractivity contribution is 5.95. The first kappa shape index (κ1) is 21.1. The third-order valence-electron chi connectivity index (χ3n) is 3.87. The number of rotatable bonds is 10. The summed E-state index contributed by atoms with van der Waals surface area (Å²) in [4.78, 5) is 24.1. The SMILES string of the molecule is COc1ccc(NC(=O)[C@H](C)OC(=O)CCCOc2ccccc2)cc1OC. The highest BCUT2D eigenvalue weighted by Gasteiger charge is 2.18. The Hall–Kier alpha value is -3.22. The lowest BCUT2D eigenvalue weighted by atomic mass is 10.2. The molecule has 0 aliphatic heterocycles. The topological polar surface area (TPSA) is 83.1 Å². The van der Waals surface area contributed by atoms with Gasteiger partial charge in [0.2, 0.25) is 0 Å². The van der Waals surface area contributed by atoms with E-state index in [2.05, 4.69) is 5.32 Å². The van der Waals surface area contributed by atoms with Crippen LogP contribution in [-0.4, -0.2) is 38.8 Å². The lowest BCUT2D eigenvalue weighted by Gasteiger charge is -2.15. The number of ether oxygens (including phenoxy) is 4. The second-order valence-corrected chi connectivity index (χ2v) is 5.96. The molecular weight excluding hydrogens is 362 g/mol. The van der Waals surface area contributed by atoms with E-state index in [4.69, 9.17) is 18.9 Å². The Morgan fingerprint density at radius 2 is 1.71 bits per heavy atom. The van der Waals surface area contributed by atoms with Crippen molar-refractivity contribution in [1.29, 1.82) is 0 Å². The molecule has 7 nitrogen and oxygen atoms in total. The van der Waals surface area contributed by atoms with Crippen LogP contribution in [0.3, 0.4) is 0 Å². The monoisotopic (exact) mass is 387 g/mol. The molecule has 0 spiro atoms. The molecule has 150 valence electrons. The predicted molar refractivity (Wildman–Crippen MR) is 105 cm³/mol. The number of amides is 1. The number of benzene rings is 2. The van der Waals surface area contributed by atoms with E-state index in [0.717, 1.165) is 5.75 Å². The van der Waals surface area contributed by atoms with E-state index in [-0.39, 0.29) is 6.42 Å². The van der Waals surface area contributed by atoms with Crippen molar-refractivity contribution in [3.05, 3.63) is 48.5 Å². The molecule has 0 aromatic heterocycles. The molecule has 2 aromatic carbocycles. The van der Waals surface area contributed by atoms with Gasteiger partial charge in [0.1, 0.15) is 5.75 Å². The van der Waals surface area contributed by atoms with Crippen molar-refractivity contribution in [2.75, 3.05) is 26.1 Å². The summed E-state index contributed by atoms with van der Waals surface area (Å²) in [5.41, 5.74) is 0.516. The number of anilines is 1. The van der Waals surface area contributed by atoms with E-state index in [1.54, 1.807) is 18.2 Å². The quantitative estimate of drug-likeness (QED) is 0.497. The number of nitrogens with one attached hydrogen (secondary N) is 1. The highest BCUT2D eigenvalue weighted by Crippen LogP contribution is 2.29. The second kappa shape index (κ2) is 10.8. The number of hydrogen-bond acceptors (Lipinski definition) is 6. The lowest BCUT2D eigenvalue weighted by Crippen LogP contribution is -2.30. The van der Waals surface area contributed by atoms with Crippen molar-refractivity contribution in [3.63, 3.8) is 0 Å². The van der Waals surface area contributed by atoms with Crippen LogP contribution in [0.5, 0.6) is 17.2 Å². The van der Waals surface area contributed by atoms with E-state index in [1.807, 2.05) is 30.3 Å². The van der Waals surface area contributed by atoms with Crippen molar-refractivity contribution in [2.24, 2.45) is 0 Å². The summed E-state index contributed by atoms with van der Waals surface area (Å²) in [6, 6.07) is 14.3. The van der Waals surface area contributed by atoms with E-state index in [9.17, 15) is 9.59 Å². The average molecular weight is 387 g/mol. The zero-order valence-corrected chi connectivity index (χ0v) is 16.3. The largest absolute Gasteiger partial charge is 0.494 e. The third-order valence-corrected chi connectivity index (χ3v) is 3.87. The molecule has 0 aliphatic carbocycles. The first-order valence-corrected chi connectivity index (χ1v) is 8.93. The molecule has 0 bridgehead atoms. The van der Waals surface area contributed by atoms with Gasteiger partial charge in [-0.3, -0.25) is 9.59 Å². The molecule has 2 aromatic rings. The second-order valence-electron chi connectivity index (χ2n) is 5.96. The summed E-state index contributed by atoms with van der Waals surface area (Å²) in [5, 5.41) is 2.69. The van der Waals surface area contributed by atoms with E-state index in [0.29, 0.717) is 30.2 Å². The van der Waals surface area contributed by atoms with Crippen molar-refractivity contribution < 1.29 is 28.5 Å². The molecule has 1 N–H and O–H groups in total. The van der Waals surface area contributed by atoms with Gasteiger partial charge in [-0.1, -0.05) is 18.2 Å². The molecule has 0 radical (unpaired) electrons. The number of carbonyl (C=O) groups is 2. The predicted octanol–water partition coefficient (Wildman–Crippen LogP) is 3.43. The van der Waals surface area contributed by atoms with Crippen LogP contribution in [-0.2, 0) is 14.3 Å². The molecule has 1 atom stereocenters. The summed E-state index contributed by atoms with van der Waals surface area (Å²) in [7, 11) is 3.04. The Morgan fingerprint density at radius 3 is 2.39 bits per heavy atom. The third kappa shape index (κ3) is 6.50. The Kier molecular flexibility index (Phi) is 8.14. The van der Waals surface area contributed by atoms with E-state index in [1.165, 1.54) is 21.1 Å². The number of carbonyl (C=O) groups excluding carboxylic acids is 2. The molecule has 0 aliphatic rings. The van der Waals surface area contributed by atoms with E-state index >= 15 is 0 Å². The fraction of sp³-hybridized carbons (Fsp3) is 0.333. The van der Waals surface area contributed by atoms with Crippen molar-refractivity contribution in [1.82, 2.24) is 0 Å². The van der Waals surface area contributed by atoms with Crippen LogP contribution in [0.4, 0.5) is 5.69 Å². The summed E-state index contributed by atoms with van der Waals surface area (Å²) in [5.74, 6) is 0.910. The Labute approximate surface area is 164 Å². The standard InChI is InChI=1S/C21H25NO6/c1-15(21(24)22-16-11-12-18(25-2)19(14-16)26-3)28-20(23)10-7-13-27-17-8-5-4-6-9-17/h4-6,8-9,11-12,14-15H,7,10,13H2,1-3H3,(H,22,24)/t15-/m0/s1. The minimum absolute atomic E-state index is 0.167. The highest BCUT2D eigenvalue weighted by atomic mass is 16.5. The molecule has 7 heteroatoms. The molecule has 0 unspecified atom stereocenters. The Morgan fingerprint density at radius 1 is 1.00 bits per heavy atom. The summed E-state index contributed by atoms with van der Waals surface area (Å²) < 4.78 is 21.0. The van der Waals surface area contributed by atoms with Crippen LogP contribution < -0.4 is 19.5 Å². The van der Waals surface area contributed by atoms with Gasteiger partial charge in [-0.15, -0.1) is 0 Å². The molecular formula is C21H25NO6. The van der Waals surface area contributed by atoms with Gasteiger partial charge in [0.15, 0.2) is 17.6 Å². The number of hydrogen-bond donors (Lipinski definition) is 1. The molecule has 0 fully saturated rings. The number of esters is 1. The molecule has 2 rings (SSSR count). The van der Waals surface area contributed by atoms with Gasteiger partial charge >= 0.3 is 5.97 Å². The molecule has 0 heterocycles. The Bertz CT molecular complexity index is 778. The Balaban J connectivity index is 1.74. The fourth-order valence-electron chi connectivity index (χ4n) is 2.39. The number of para-hydroxylation sites is 1. The van der Waals surface area contributed by atoms with Crippen LogP contribution >= 0.6 is 0 Å². The molecule has 0 saturated heterocycles. The molecule has 28 heavy (non-hydrogen) atoms. The number of methoxy groups -OCH3 is 2. The normalized spacial score (nSPS) is 11.2. The first-order valence-electron chi connectivity index (χ1n) is 8.93. The maximum atomic E-state index is 12.2. The van der Waals surface area contributed by atoms with Crippen molar-refractivity contribution in [2.45, 2.75) is 25.9 Å². The minimum Gasteiger partial charge on any atom is -0.494 e. The smallest absolute Gasteiger partial charge is 0.306 e. The molecule has 0 saturated carbocycles. The summed E-state index contributed by atoms with van der Waals surface area (Å²) in [6.45, 7) is 1.92. The van der Waals surface area contributed by atoms with Crippen LogP contribution in [0, 0.1) is 0 Å². The van der Waals surface area contributed by atoms with Crippen LogP contribution in [0.1, 0.15) is 19.8 Å². The van der Waals surface area contributed by atoms with Gasteiger partial charge in [0, 0.05) is 18.2 Å². The van der Waals surface area contributed by atoms with Crippen LogP contribution in [0.2, 0.25) is 0 Å². The van der Waals surface area contributed by atoms with Gasteiger partial charge in [-0.25, -0.2) is 0 Å². The lowest BCUT2D eigenvalue weighted by molar-refractivity contribution is -0.153. The van der Waals surface area contributed by atoms with Crippen molar-refractivity contribution in [3.8, 4) is 17.2 Å². The van der Waals surface area contributed by atoms with Gasteiger partial charge in [-0.2, -0.15) is 0 Å². The van der Waals surface area contributed by atoms with Gasteiger partial charge in [0.25, 0.3) is 5.91 Å². The van der Waals surface area contributed by atoms with E-state index < -0.39 is 18.0 Å². The fourth-order valence-corrected chi connectivity index (χ4v) is 2.39. The zero-order valence-electron chi connectivity index (χ0n) is 16.3. The maximum absolute atomic E-state index is 12.2. The van der Waals surface area contributed by atoms with Gasteiger partial charge in [0.05, 0.1) is 20.8 Å². The van der Waals surface area contributed by atoms with Crippen molar-refractivity contribution >= 4 is 17.6 Å². The van der Waals surface area contributed by atoms with Crippen LogP contribution in [0.15, 0.2) is 48.5 Å². The molecule has 1 amide bonds. The minimum atomic E-state index is -0.921. The van der Waals surface area contributed by atoms with Gasteiger partial charge < -0.3 is 24.3 Å². The summed E-state index contributed by atoms with van der Waals surface area (Å²) in [6.07, 6.45) is -0.255. The first-order chi connectivity index (χ1) is 13.5. The summed E-state index contributed by atoms with van der Waals surface area (Å²) >= 11 is 0. The average Bonchev–Trinajstić information content (AvgIpc) is 2.71. The van der Waals surface area contributed by atoms with Crippen LogP contribution in [0.25, 0.3) is 0 Å². The maximum Gasteiger partial charge on any atom is 0.306 e. The van der Waals surface area contributed by atoms with Gasteiger partial charge in [-0.05, 0) is 37.6 Å².